The summed E-state index contributed by atoms with van der Waals surface area (Å²) in [5, 5.41) is 4.30. The largest absolute Gasteiger partial charge is 0.493 e. The van der Waals surface area contributed by atoms with Crippen LogP contribution in [0.15, 0.2) is 51.6 Å². The summed E-state index contributed by atoms with van der Waals surface area (Å²) in [6.45, 7) is 2.01. The first kappa shape index (κ1) is 18.5. The Morgan fingerprint density at radius 3 is 2.73 bits per heavy atom. The Labute approximate surface area is 164 Å². The van der Waals surface area contributed by atoms with Crippen LogP contribution in [0.3, 0.4) is 0 Å². The number of hydrogen-bond acceptors (Lipinski definition) is 5. The van der Waals surface area contributed by atoms with E-state index in [4.69, 9.17) is 21.1 Å². The van der Waals surface area contributed by atoms with Gasteiger partial charge in [0.15, 0.2) is 11.5 Å². The summed E-state index contributed by atoms with van der Waals surface area (Å²) < 4.78 is 12.0. The molecule has 0 N–H and O–H groups in total. The molecular weight excluding hydrogens is 422 g/mol. The third-order valence-corrected chi connectivity index (χ3v) is 4.73. The smallest absolute Gasteiger partial charge is 0.367 e. The minimum absolute atomic E-state index is 0.299. The van der Waals surface area contributed by atoms with E-state index in [0.717, 1.165) is 11.1 Å². The number of methoxy groups -OCH3 is 1. The van der Waals surface area contributed by atoms with Crippen molar-refractivity contribution in [3.63, 3.8) is 0 Å². The average Bonchev–Trinajstić information content (AvgIpc) is 2.93. The Hall–Kier alpha value is -2.31. The van der Waals surface area contributed by atoms with Gasteiger partial charge in [-0.15, -0.1) is 0 Å². The number of oxime groups is 1. The normalized spacial score (nSPS) is 15.0. The molecule has 7 heteroatoms. The molecule has 0 radical (unpaired) electrons. The van der Waals surface area contributed by atoms with Gasteiger partial charge in [0.25, 0.3) is 0 Å². The van der Waals surface area contributed by atoms with E-state index in [1.165, 1.54) is 0 Å². The van der Waals surface area contributed by atoms with Crippen molar-refractivity contribution in [3.8, 4) is 11.5 Å². The highest BCUT2D eigenvalue weighted by Crippen LogP contribution is 2.38. The molecular formula is C19H15BrClNO4. The van der Waals surface area contributed by atoms with Crippen LogP contribution in [-0.2, 0) is 16.2 Å². The van der Waals surface area contributed by atoms with E-state index in [0.29, 0.717) is 38.9 Å². The molecule has 0 spiro atoms. The zero-order valence-corrected chi connectivity index (χ0v) is 16.4. The summed E-state index contributed by atoms with van der Waals surface area (Å²) in [7, 11) is 1.55. The first-order chi connectivity index (χ1) is 12.5. The molecule has 0 aliphatic carbocycles. The number of benzene rings is 2. The van der Waals surface area contributed by atoms with Crippen LogP contribution in [0.4, 0.5) is 0 Å². The first-order valence-electron chi connectivity index (χ1n) is 7.71. The fraction of sp³-hybridized carbons (Fsp3) is 0.158. The van der Waals surface area contributed by atoms with Crippen LogP contribution >= 0.6 is 27.5 Å². The van der Waals surface area contributed by atoms with E-state index in [-0.39, 0.29) is 0 Å². The van der Waals surface area contributed by atoms with Crippen molar-refractivity contribution < 1.29 is 19.1 Å². The number of nitrogens with zero attached hydrogens (tertiary/aromatic N) is 1. The maximum absolute atomic E-state index is 11.7. The highest BCUT2D eigenvalue weighted by Gasteiger charge is 2.22. The van der Waals surface area contributed by atoms with Crippen LogP contribution in [0.25, 0.3) is 6.08 Å². The maximum atomic E-state index is 11.7. The van der Waals surface area contributed by atoms with Gasteiger partial charge in [0.1, 0.15) is 6.61 Å². The lowest BCUT2D eigenvalue weighted by Crippen LogP contribution is -2.02. The predicted molar refractivity (Wildman–Crippen MR) is 104 cm³/mol. The molecule has 0 saturated carbocycles. The van der Waals surface area contributed by atoms with Crippen molar-refractivity contribution in [1.82, 2.24) is 0 Å². The number of hydrogen-bond donors (Lipinski definition) is 0. The van der Waals surface area contributed by atoms with Gasteiger partial charge in [-0.05, 0) is 52.7 Å². The standard InChI is InChI=1S/C19H15BrClNO4/c1-11-14(19(23)26-22-11)7-12-8-15(20)18(17(9-12)24-2)25-10-13-5-3-4-6-16(13)21/h3-9H,10H2,1-2H3/b14-7+. The summed E-state index contributed by atoms with van der Waals surface area (Å²) in [5.74, 6) is 0.602. The summed E-state index contributed by atoms with van der Waals surface area (Å²) in [6, 6.07) is 11.1. The Morgan fingerprint density at radius 1 is 1.31 bits per heavy atom. The van der Waals surface area contributed by atoms with Gasteiger partial charge in [0.2, 0.25) is 0 Å². The van der Waals surface area contributed by atoms with Gasteiger partial charge >= 0.3 is 5.97 Å². The third kappa shape index (κ3) is 3.92. The van der Waals surface area contributed by atoms with Crippen LogP contribution in [0.2, 0.25) is 5.02 Å². The molecule has 0 bridgehead atoms. The highest BCUT2D eigenvalue weighted by atomic mass is 79.9. The van der Waals surface area contributed by atoms with E-state index < -0.39 is 5.97 Å². The number of halogens is 2. The second kappa shape index (κ2) is 7.93. The Bertz CT molecular complexity index is 924. The molecule has 0 aromatic heterocycles. The summed E-state index contributed by atoms with van der Waals surface area (Å²) in [4.78, 5) is 16.4. The second-order valence-electron chi connectivity index (χ2n) is 5.53. The summed E-state index contributed by atoms with van der Waals surface area (Å²) >= 11 is 9.66. The third-order valence-electron chi connectivity index (χ3n) is 3.77. The number of ether oxygens (including phenoxy) is 2. The van der Waals surface area contributed by atoms with Gasteiger partial charge in [-0.1, -0.05) is 35.0 Å². The topological polar surface area (TPSA) is 57.1 Å². The molecule has 0 amide bonds. The van der Waals surface area contributed by atoms with Gasteiger partial charge in [-0.3, -0.25) is 0 Å². The van der Waals surface area contributed by atoms with Crippen molar-refractivity contribution in [3.05, 3.63) is 62.6 Å². The zero-order valence-electron chi connectivity index (χ0n) is 14.1. The Kier molecular flexibility index (Phi) is 5.64. The highest BCUT2D eigenvalue weighted by molar-refractivity contribution is 9.10. The number of carbonyl (C=O) groups is 1. The predicted octanol–water partition coefficient (Wildman–Crippen LogP) is 5.01. The van der Waals surface area contributed by atoms with E-state index in [2.05, 4.69) is 25.9 Å². The van der Waals surface area contributed by atoms with Crippen LogP contribution in [0, 0.1) is 0 Å². The Morgan fingerprint density at radius 2 is 2.08 bits per heavy atom. The van der Waals surface area contributed by atoms with Gasteiger partial charge < -0.3 is 14.3 Å². The van der Waals surface area contributed by atoms with Crippen LogP contribution in [0.1, 0.15) is 18.1 Å². The van der Waals surface area contributed by atoms with E-state index in [1.807, 2.05) is 30.3 Å². The van der Waals surface area contributed by atoms with Crippen molar-refractivity contribution in [2.45, 2.75) is 13.5 Å². The Balaban J connectivity index is 1.88. The average molecular weight is 437 g/mol. The first-order valence-corrected chi connectivity index (χ1v) is 8.88. The molecule has 0 atom stereocenters. The molecule has 26 heavy (non-hydrogen) atoms. The zero-order chi connectivity index (χ0) is 18.7. The van der Waals surface area contributed by atoms with Gasteiger partial charge in [0.05, 0.1) is 22.9 Å². The van der Waals surface area contributed by atoms with Crippen molar-refractivity contribution >= 4 is 45.3 Å². The van der Waals surface area contributed by atoms with Gasteiger partial charge in [0, 0.05) is 10.6 Å². The lowest BCUT2D eigenvalue weighted by Gasteiger charge is -2.14. The lowest BCUT2D eigenvalue weighted by atomic mass is 10.1. The molecule has 0 unspecified atom stereocenters. The molecule has 134 valence electrons. The maximum Gasteiger partial charge on any atom is 0.367 e. The summed E-state index contributed by atoms with van der Waals surface area (Å²) in [5.41, 5.74) is 2.56. The minimum atomic E-state index is -0.475. The number of carbonyl (C=O) groups excluding carboxylic acids is 1. The molecule has 5 nitrogen and oxygen atoms in total. The minimum Gasteiger partial charge on any atom is -0.493 e. The molecule has 1 aliphatic heterocycles. The molecule has 2 aromatic rings. The molecule has 2 aromatic carbocycles. The monoisotopic (exact) mass is 435 g/mol. The summed E-state index contributed by atoms with van der Waals surface area (Å²) in [6.07, 6.45) is 1.69. The van der Waals surface area contributed by atoms with Crippen molar-refractivity contribution in [2.75, 3.05) is 7.11 Å². The second-order valence-corrected chi connectivity index (χ2v) is 6.79. The van der Waals surface area contributed by atoms with E-state index in [9.17, 15) is 4.79 Å². The molecule has 1 heterocycles. The van der Waals surface area contributed by atoms with Crippen LogP contribution in [-0.4, -0.2) is 18.8 Å². The van der Waals surface area contributed by atoms with Crippen LogP contribution < -0.4 is 9.47 Å². The number of rotatable bonds is 5. The fourth-order valence-electron chi connectivity index (χ4n) is 2.41. The molecule has 1 aliphatic rings. The van der Waals surface area contributed by atoms with Crippen molar-refractivity contribution in [2.24, 2.45) is 5.16 Å². The van der Waals surface area contributed by atoms with Gasteiger partial charge in [-0.2, -0.15) is 0 Å². The quantitative estimate of drug-likeness (QED) is 0.488. The van der Waals surface area contributed by atoms with Crippen LogP contribution in [0.5, 0.6) is 11.5 Å². The lowest BCUT2D eigenvalue weighted by molar-refractivity contribution is -0.136. The molecule has 3 rings (SSSR count). The van der Waals surface area contributed by atoms with Gasteiger partial charge in [-0.25, -0.2) is 4.79 Å². The molecule has 0 fully saturated rings. The molecule has 0 saturated heterocycles. The van der Waals surface area contributed by atoms with E-state index in [1.54, 1.807) is 26.2 Å². The fourth-order valence-corrected chi connectivity index (χ4v) is 3.18. The SMILES string of the molecule is COc1cc(/C=C2/C(=O)ON=C2C)cc(Br)c1OCc1ccccc1Cl. The van der Waals surface area contributed by atoms with E-state index >= 15 is 0 Å². The van der Waals surface area contributed by atoms with Crippen molar-refractivity contribution in [1.29, 1.82) is 0 Å².